The fourth-order valence-corrected chi connectivity index (χ4v) is 2.91. The number of aromatic amines is 1. The van der Waals surface area contributed by atoms with Crippen molar-refractivity contribution in [2.24, 2.45) is 0 Å². The maximum atomic E-state index is 11.6. The molecule has 92 valence electrons. The lowest BCUT2D eigenvalue weighted by Gasteiger charge is -2.01. The second kappa shape index (κ2) is 4.21. The van der Waals surface area contributed by atoms with Gasteiger partial charge in [-0.05, 0) is 32.9 Å². The minimum Gasteiger partial charge on any atom is -0.369 e. The number of H-pyrrole nitrogens is 1. The van der Waals surface area contributed by atoms with Gasteiger partial charge in [0.2, 0.25) is 5.95 Å². The molecule has 0 saturated heterocycles. The molecule has 0 unspecified atom stereocenters. The van der Waals surface area contributed by atoms with Crippen LogP contribution in [0, 0.1) is 0 Å². The highest BCUT2D eigenvalue weighted by molar-refractivity contribution is 9.11. The fourth-order valence-electron chi connectivity index (χ4n) is 1.71. The van der Waals surface area contributed by atoms with E-state index in [-0.39, 0.29) is 11.5 Å². The fraction of sp³-hybridized carbons (Fsp3) is 0.100. The van der Waals surface area contributed by atoms with E-state index in [0.717, 1.165) is 9.35 Å². The monoisotopic (exact) mass is 325 g/mol. The molecule has 3 rings (SSSR count). The van der Waals surface area contributed by atoms with E-state index in [9.17, 15) is 4.79 Å². The summed E-state index contributed by atoms with van der Waals surface area (Å²) in [4.78, 5) is 22.2. The van der Waals surface area contributed by atoms with Crippen LogP contribution in [0.2, 0.25) is 0 Å². The van der Waals surface area contributed by atoms with Gasteiger partial charge in [0.1, 0.15) is 0 Å². The van der Waals surface area contributed by atoms with Crippen LogP contribution in [0.5, 0.6) is 0 Å². The Labute approximate surface area is 114 Å². The van der Waals surface area contributed by atoms with E-state index in [1.807, 2.05) is 11.4 Å². The summed E-state index contributed by atoms with van der Waals surface area (Å²) in [6.45, 7) is 0.606. The highest BCUT2D eigenvalue weighted by atomic mass is 79.9. The molecule has 3 aromatic rings. The Bertz CT molecular complexity index is 774. The first kappa shape index (κ1) is 11.4. The number of thiophene rings is 1. The third kappa shape index (κ3) is 1.93. The molecule has 3 N–H and O–H groups in total. The molecule has 3 aromatic heterocycles. The van der Waals surface area contributed by atoms with Crippen molar-refractivity contribution in [3.63, 3.8) is 0 Å². The van der Waals surface area contributed by atoms with E-state index >= 15 is 0 Å². The molecule has 0 fully saturated rings. The van der Waals surface area contributed by atoms with Crippen LogP contribution in [-0.4, -0.2) is 19.5 Å². The summed E-state index contributed by atoms with van der Waals surface area (Å²) in [6, 6.07) is 2.02. The zero-order valence-corrected chi connectivity index (χ0v) is 11.5. The highest BCUT2D eigenvalue weighted by Crippen LogP contribution is 2.22. The first-order valence-corrected chi connectivity index (χ1v) is 6.74. The van der Waals surface area contributed by atoms with E-state index in [0.29, 0.717) is 17.7 Å². The number of rotatable bonds is 2. The largest absolute Gasteiger partial charge is 0.369 e. The summed E-state index contributed by atoms with van der Waals surface area (Å²) < 4.78 is 2.86. The Kier molecular flexibility index (Phi) is 2.67. The first-order valence-electron chi connectivity index (χ1n) is 5.07. The van der Waals surface area contributed by atoms with E-state index in [1.54, 1.807) is 22.2 Å². The summed E-state index contributed by atoms with van der Waals surface area (Å²) in [7, 11) is 0. The second-order valence-corrected chi connectivity index (χ2v) is 6.05. The Hall–Kier alpha value is -1.67. The van der Waals surface area contributed by atoms with Gasteiger partial charge in [0, 0.05) is 0 Å². The minimum atomic E-state index is -0.317. The van der Waals surface area contributed by atoms with Crippen molar-refractivity contribution in [2.75, 3.05) is 5.73 Å². The number of nitrogens with zero attached hydrogens (tertiary/aromatic N) is 3. The van der Waals surface area contributed by atoms with Gasteiger partial charge in [-0.15, -0.1) is 11.3 Å². The molecule has 0 saturated carbocycles. The number of fused-ring (bicyclic) bond motifs is 1. The van der Waals surface area contributed by atoms with E-state index in [2.05, 4.69) is 30.9 Å². The third-order valence-electron chi connectivity index (χ3n) is 2.47. The number of hydrogen-bond acceptors (Lipinski definition) is 5. The third-order valence-corrected chi connectivity index (χ3v) is 4.02. The summed E-state index contributed by atoms with van der Waals surface area (Å²) in [5.74, 6) is 0.0979. The number of halogens is 1. The molecule has 3 heterocycles. The normalized spacial score (nSPS) is 11.2. The Morgan fingerprint density at radius 3 is 3.11 bits per heavy atom. The van der Waals surface area contributed by atoms with Crippen LogP contribution in [0.15, 0.2) is 26.4 Å². The van der Waals surface area contributed by atoms with Crippen molar-refractivity contribution >= 4 is 44.4 Å². The highest BCUT2D eigenvalue weighted by Gasteiger charge is 2.09. The van der Waals surface area contributed by atoms with Crippen LogP contribution in [0.1, 0.15) is 5.56 Å². The molecule has 0 aliphatic rings. The number of aromatic nitrogens is 4. The minimum absolute atomic E-state index is 0.0979. The number of nitrogens with one attached hydrogen (secondary N) is 1. The summed E-state index contributed by atoms with van der Waals surface area (Å²) >= 11 is 5.02. The molecule has 0 amide bonds. The zero-order chi connectivity index (χ0) is 12.7. The van der Waals surface area contributed by atoms with Gasteiger partial charge in [-0.25, -0.2) is 4.98 Å². The molecule has 0 bridgehead atoms. The van der Waals surface area contributed by atoms with Crippen LogP contribution < -0.4 is 11.3 Å². The average molecular weight is 326 g/mol. The van der Waals surface area contributed by atoms with Gasteiger partial charge in [0.05, 0.1) is 16.7 Å². The molecule has 0 aromatic carbocycles. The maximum absolute atomic E-state index is 11.6. The van der Waals surface area contributed by atoms with Gasteiger partial charge in [-0.3, -0.25) is 9.78 Å². The summed E-state index contributed by atoms with van der Waals surface area (Å²) in [6.07, 6.45) is 1.60. The molecule has 0 atom stereocenters. The van der Waals surface area contributed by atoms with Crippen LogP contribution in [-0.2, 0) is 6.54 Å². The first-order chi connectivity index (χ1) is 8.63. The lowest BCUT2D eigenvalue weighted by atomic mass is 10.3. The van der Waals surface area contributed by atoms with E-state index in [4.69, 9.17) is 5.73 Å². The molecule has 8 heteroatoms. The predicted molar refractivity (Wildman–Crippen MR) is 73.7 cm³/mol. The van der Waals surface area contributed by atoms with Crippen LogP contribution >= 0.6 is 27.3 Å². The Morgan fingerprint density at radius 1 is 1.56 bits per heavy atom. The molecule has 0 radical (unpaired) electrons. The Balaban J connectivity index is 2.10. The van der Waals surface area contributed by atoms with Gasteiger partial charge in [-0.2, -0.15) is 4.98 Å². The SMILES string of the molecule is Nc1nc2c(ncn2Cc2csc(Br)c2)c(=O)[nH]1. The lowest BCUT2D eigenvalue weighted by Crippen LogP contribution is -2.12. The molecule has 18 heavy (non-hydrogen) atoms. The van der Waals surface area contributed by atoms with Crippen molar-refractivity contribution in [2.45, 2.75) is 6.54 Å². The van der Waals surface area contributed by atoms with Gasteiger partial charge in [0.15, 0.2) is 11.2 Å². The molecular formula is C10H8BrN5OS. The molecule has 0 spiro atoms. The molecule has 0 aliphatic carbocycles. The lowest BCUT2D eigenvalue weighted by molar-refractivity contribution is 0.816. The zero-order valence-electron chi connectivity index (χ0n) is 9.05. The predicted octanol–water partition coefficient (Wildman–Crippen LogP) is 1.57. The molecular weight excluding hydrogens is 318 g/mol. The average Bonchev–Trinajstić information content (AvgIpc) is 2.87. The van der Waals surface area contributed by atoms with Crippen molar-refractivity contribution < 1.29 is 0 Å². The van der Waals surface area contributed by atoms with Crippen LogP contribution in [0.25, 0.3) is 11.2 Å². The molecule has 6 nitrogen and oxygen atoms in total. The van der Waals surface area contributed by atoms with Crippen LogP contribution in [0.3, 0.4) is 0 Å². The van der Waals surface area contributed by atoms with E-state index < -0.39 is 0 Å². The van der Waals surface area contributed by atoms with Gasteiger partial charge < -0.3 is 10.3 Å². The smallest absolute Gasteiger partial charge is 0.280 e. The Morgan fingerprint density at radius 2 is 2.39 bits per heavy atom. The summed E-state index contributed by atoms with van der Waals surface area (Å²) in [5.41, 5.74) is 7.14. The van der Waals surface area contributed by atoms with Gasteiger partial charge in [0.25, 0.3) is 5.56 Å². The quantitative estimate of drug-likeness (QED) is 0.748. The summed E-state index contributed by atoms with van der Waals surface area (Å²) in [5, 5.41) is 2.03. The number of hydrogen-bond donors (Lipinski definition) is 2. The van der Waals surface area contributed by atoms with Crippen LogP contribution in [0.4, 0.5) is 5.95 Å². The van der Waals surface area contributed by atoms with Crippen molar-refractivity contribution in [1.82, 2.24) is 19.5 Å². The van der Waals surface area contributed by atoms with Gasteiger partial charge >= 0.3 is 0 Å². The van der Waals surface area contributed by atoms with Crippen molar-refractivity contribution in [1.29, 1.82) is 0 Å². The topological polar surface area (TPSA) is 89.6 Å². The number of anilines is 1. The van der Waals surface area contributed by atoms with Crippen molar-refractivity contribution in [3.8, 4) is 0 Å². The maximum Gasteiger partial charge on any atom is 0.280 e. The van der Waals surface area contributed by atoms with E-state index in [1.165, 1.54) is 0 Å². The number of nitrogen functional groups attached to an aromatic ring is 1. The van der Waals surface area contributed by atoms with Crippen molar-refractivity contribution in [3.05, 3.63) is 37.5 Å². The molecule has 0 aliphatic heterocycles. The number of imidazole rings is 1. The van der Waals surface area contributed by atoms with Gasteiger partial charge in [-0.1, -0.05) is 0 Å². The second-order valence-electron chi connectivity index (χ2n) is 3.75. The standard InChI is InChI=1S/C10H8BrN5OS/c11-6-1-5(3-18-6)2-16-4-13-7-8(16)14-10(12)15-9(7)17/h1,3-4H,2H2,(H3,12,14,15,17). The number of nitrogens with two attached hydrogens (primary N) is 1.